The standard InChI is InChI=1S/C25H16FN5/c26-21-4-2-1-3-18(21)17-9-12-28-25-19(17)14-23(29-25)24-20-13-16(5-6-22(20)30-31-24)15-7-10-27-11-8-15/h1-14H,(H,28,29)(H,30,31). The number of H-pyrrole nitrogens is 2. The number of hydrogen-bond donors (Lipinski definition) is 2. The molecule has 0 atom stereocenters. The van der Waals surface area contributed by atoms with Crippen LogP contribution in [0.25, 0.3) is 55.6 Å². The summed E-state index contributed by atoms with van der Waals surface area (Å²) in [7, 11) is 0. The third-order valence-corrected chi connectivity index (χ3v) is 5.53. The molecular weight excluding hydrogens is 389 g/mol. The van der Waals surface area contributed by atoms with Crippen molar-refractivity contribution in [1.29, 1.82) is 0 Å². The molecule has 0 fully saturated rings. The highest BCUT2D eigenvalue weighted by atomic mass is 19.1. The molecule has 0 aliphatic heterocycles. The molecule has 148 valence electrons. The first-order valence-electron chi connectivity index (χ1n) is 9.89. The molecule has 4 aromatic heterocycles. The number of rotatable bonds is 3. The number of fused-ring (bicyclic) bond motifs is 2. The molecule has 31 heavy (non-hydrogen) atoms. The molecule has 4 heterocycles. The van der Waals surface area contributed by atoms with E-state index < -0.39 is 0 Å². The highest BCUT2D eigenvalue weighted by Gasteiger charge is 2.16. The molecule has 0 aliphatic carbocycles. The van der Waals surface area contributed by atoms with Crippen LogP contribution in [-0.2, 0) is 0 Å². The summed E-state index contributed by atoms with van der Waals surface area (Å²) in [6.07, 6.45) is 5.25. The Morgan fingerprint density at radius 3 is 2.48 bits per heavy atom. The maximum Gasteiger partial charge on any atom is 0.138 e. The number of nitrogens with zero attached hydrogens (tertiary/aromatic N) is 3. The number of pyridine rings is 2. The van der Waals surface area contributed by atoms with Crippen LogP contribution >= 0.6 is 0 Å². The molecule has 6 aromatic rings. The average molecular weight is 405 g/mol. The van der Waals surface area contributed by atoms with Crippen LogP contribution in [0.15, 0.2) is 85.3 Å². The number of halogens is 1. The van der Waals surface area contributed by atoms with Crippen molar-refractivity contribution in [2.45, 2.75) is 0 Å². The predicted octanol–water partition coefficient (Wildman–Crippen LogP) is 5.97. The minimum Gasteiger partial charge on any atom is -0.338 e. The number of aromatic amines is 2. The lowest BCUT2D eigenvalue weighted by atomic mass is 10.0. The summed E-state index contributed by atoms with van der Waals surface area (Å²) in [6.45, 7) is 0. The van der Waals surface area contributed by atoms with Crippen LogP contribution in [0.4, 0.5) is 4.39 Å². The van der Waals surface area contributed by atoms with E-state index in [2.05, 4.69) is 37.3 Å². The van der Waals surface area contributed by atoms with Crippen LogP contribution < -0.4 is 0 Å². The lowest BCUT2D eigenvalue weighted by Crippen LogP contribution is -1.85. The lowest BCUT2D eigenvalue weighted by molar-refractivity contribution is 0.631. The Hall–Kier alpha value is -4.32. The highest BCUT2D eigenvalue weighted by Crippen LogP contribution is 2.35. The zero-order valence-electron chi connectivity index (χ0n) is 16.3. The first-order chi connectivity index (χ1) is 15.3. The molecule has 0 aliphatic rings. The van der Waals surface area contributed by atoms with Gasteiger partial charge in [-0.3, -0.25) is 10.1 Å². The van der Waals surface area contributed by atoms with Gasteiger partial charge in [-0.25, -0.2) is 9.37 Å². The van der Waals surface area contributed by atoms with Crippen molar-refractivity contribution in [3.63, 3.8) is 0 Å². The third-order valence-electron chi connectivity index (χ3n) is 5.53. The van der Waals surface area contributed by atoms with E-state index in [1.807, 2.05) is 36.4 Å². The molecule has 0 saturated carbocycles. The summed E-state index contributed by atoms with van der Waals surface area (Å²) < 4.78 is 14.4. The quantitative estimate of drug-likeness (QED) is 0.381. The first-order valence-corrected chi connectivity index (χ1v) is 9.89. The summed E-state index contributed by atoms with van der Waals surface area (Å²) in [5.41, 5.74) is 6.76. The third kappa shape index (κ3) is 2.88. The van der Waals surface area contributed by atoms with Crippen molar-refractivity contribution in [2.75, 3.05) is 0 Å². The fourth-order valence-electron chi connectivity index (χ4n) is 4.01. The van der Waals surface area contributed by atoms with Crippen LogP contribution in [0.5, 0.6) is 0 Å². The van der Waals surface area contributed by atoms with Gasteiger partial charge in [0.1, 0.15) is 17.2 Å². The van der Waals surface area contributed by atoms with E-state index in [0.717, 1.165) is 44.4 Å². The lowest BCUT2D eigenvalue weighted by Gasteiger charge is -2.04. The normalized spacial score (nSPS) is 11.4. The SMILES string of the molecule is Fc1ccccc1-c1ccnc2[nH]c(-c3n[nH]c4ccc(-c5ccncc5)cc34)cc12. The summed E-state index contributed by atoms with van der Waals surface area (Å²) in [5.74, 6) is -0.259. The Kier molecular flexibility index (Phi) is 3.89. The summed E-state index contributed by atoms with van der Waals surface area (Å²) in [4.78, 5) is 11.9. The molecule has 0 spiro atoms. The second kappa shape index (κ2) is 6.88. The van der Waals surface area contributed by atoms with Gasteiger partial charge in [-0.2, -0.15) is 5.10 Å². The number of aromatic nitrogens is 5. The molecule has 2 N–H and O–H groups in total. The zero-order chi connectivity index (χ0) is 20.8. The monoisotopic (exact) mass is 405 g/mol. The Bertz CT molecular complexity index is 1550. The fourth-order valence-corrected chi connectivity index (χ4v) is 4.01. The smallest absolute Gasteiger partial charge is 0.138 e. The average Bonchev–Trinajstić information content (AvgIpc) is 3.43. The van der Waals surface area contributed by atoms with Gasteiger partial charge in [0.2, 0.25) is 0 Å². The molecule has 6 heteroatoms. The van der Waals surface area contributed by atoms with Crippen LogP contribution in [0.1, 0.15) is 0 Å². The van der Waals surface area contributed by atoms with Crippen LogP contribution in [-0.4, -0.2) is 25.1 Å². The Labute approximate surface area is 176 Å². The molecule has 2 aromatic carbocycles. The second-order valence-corrected chi connectivity index (χ2v) is 7.35. The fraction of sp³-hybridized carbons (Fsp3) is 0. The van der Waals surface area contributed by atoms with Gasteiger partial charge in [0.15, 0.2) is 0 Å². The number of hydrogen-bond acceptors (Lipinski definition) is 3. The van der Waals surface area contributed by atoms with Gasteiger partial charge >= 0.3 is 0 Å². The minimum absolute atomic E-state index is 0.259. The van der Waals surface area contributed by atoms with Crippen LogP contribution in [0, 0.1) is 5.82 Å². The van der Waals surface area contributed by atoms with E-state index in [-0.39, 0.29) is 5.82 Å². The Morgan fingerprint density at radius 2 is 1.61 bits per heavy atom. The van der Waals surface area contributed by atoms with Gasteiger partial charge in [0.25, 0.3) is 0 Å². The number of benzene rings is 2. The van der Waals surface area contributed by atoms with E-state index >= 15 is 0 Å². The van der Waals surface area contributed by atoms with Gasteiger partial charge in [0.05, 0.1) is 11.2 Å². The van der Waals surface area contributed by atoms with Gasteiger partial charge in [-0.15, -0.1) is 0 Å². The van der Waals surface area contributed by atoms with Crippen molar-refractivity contribution in [1.82, 2.24) is 25.1 Å². The van der Waals surface area contributed by atoms with Crippen molar-refractivity contribution < 1.29 is 4.39 Å². The van der Waals surface area contributed by atoms with E-state index in [9.17, 15) is 4.39 Å². The highest BCUT2D eigenvalue weighted by molar-refractivity contribution is 6.00. The maximum absolute atomic E-state index is 14.4. The van der Waals surface area contributed by atoms with E-state index in [4.69, 9.17) is 0 Å². The largest absolute Gasteiger partial charge is 0.338 e. The Balaban J connectivity index is 1.53. The molecule has 0 amide bonds. The summed E-state index contributed by atoms with van der Waals surface area (Å²) in [5, 5.41) is 9.49. The molecule has 6 rings (SSSR count). The van der Waals surface area contributed by atoms with Gasteiger partial charge < -0.3 is 4.98 Å². The van der Waals surface area contributed by atoms with E-state index in [1.54, 1.807) is 30.7 Å². The maximum atomic E-state index is 14.4. The Morgan fingerprint density at radius 1 is 0.742 bits per heavy atom. The second-order valence-electron chi connectivity index (χ2n) is 7.35. The molecular formula is C25H16FN5. The van der Waals surface area contributed by atoms with Crippen molar-refractivity contribution in [3.05, 3.63) is 91.1 Å². The van der Waals surface area contributed by atoms with Crippen LogP contribution in [0.3, 0.4) is 0 Å². The molecule has 5 nitrogen and oxygen atoms in total. The first kappa shape index (κ1) is 17.5. The molecule has 0 saturated heterocycles. The topological polar surface area (TPSA) is 70.2 Å². The minimum atomic E-state index is -0.259. The predicted molar refractivity (Wildman–Crippen MR) is 120 cm³/mol. The van der Waals surface area contributed by atoms with Gasteiger partial charge in [-0.05, 0) is 59.2 Å². The zero-order valence-corrected chi connectivity index (χ0v) is 16.3. The van der Waals surface area contributed by atoms with Crippen molar-refractivity contribution >= 4 is 21.9 Å². The molecule has 0 bridgehead atoms. The molecule has 0 radical (unpaired) electrons. The van der Waals surface area contributed by atoms with Crippen molar-refractivity contribution in [2.24, 2.45) is 0 Å². The summed E-state index contributed by atoms with van der Waals surface area (Å²) >= 11 is 0. The van der Waals surface area contributed by atoms with Gasteiger partial charge in [0, 0.05) is 34.9 Å². The van der Waals surface area contributed by atoms with Crippen molar-refractivity contribution in [3.8, 4) is 33.6 Å². The number of nitrogens with one attached hydrogen (secondary N) is 2. The molecule has 0 unspecified atom stereocenters. The summed E-state index contributed by atoms with van der Waals surface area (Å²) in [6, 6.07) is 20.7. The van der Waals surface area contributed by atoms with Gasteiger partial charge in [-0.1, -0.05) is 24.3 Å². The van der Waals surface area contributed by atoms with E-state index in [1.165, 1.54) is 6.07 Å². The van der Waals surface area contributed by atoms with Crippen LogP contribution in [0.2, 0.25) is 0 Å². The van der Waals surface area contributed by atoms with E-state index in [0.29, 0.717) is 11.2 Å².